The van der Waals surface area contributed by atoms with Crippen LogP contribution in [0.3, 0.4) is 0 Å². The van der Waals surface area contributed by atoms with E-state index in [-0.39, 0.29) is 18.7 Å². The topological polar surface area (TPSA) is 88.5 Å². The number of nitrogens with zero attached hydrogens (tertiary/aromatic N) is 1. The quantitative estimate of drug-likeness (QED) is 0.793. The van der Waals surface area contributed by atoms with Crippen molar-refractivity contribution in [3.63, 3.8) is 0 Å². The number of aryl methyl sites for hydroxylation is 1. The third-order valence-electron chi connectivity index (χ3n) is 3.51. The molecule has 1 aromatic heterocycles. The summed E-state index contributed by atoms with van der Waals surface area (Å²) in [6.45, 7) is 5.46. The van der Waals surface area contributed by atoms with E-state index in [2.05, 4.69) is 10.3 Å². The van der Waals surface area contributed by atoms with Crippen molar-refractivity contribution in [3.8, 4) is 11.6 Å². The van der Waals surface area contributed by atoms with Crippen LogP contribution in [-0.2, 0) is 9.59 Å². The maximum absolute atomic E-state index is 12.1. The van der Waals surface area contributed by atoms with E-state index in [1.165, 1.54) is 0 Å². The molecule has 0 saturated carbocycles. The number of aliphatic carboxylic acids is 1. The second-order valence-corrected chi connectivity index (χ2v) is 6.76. The highest BCUT2D eigenvalue weighted by atomic mass is 16.5. The molecule has 2 aromatic rings. The Labute approximate surface area is 146 Å². The summed E-state index contributed by atoms with van der Waals surface area (Å²) in [6, 6.07) is 10.6. The van der Waals surface area contributed by atoms with Crippen LogP contribution >= 0.6 is 0 Å². The van der Waals surface area contributed by atoms with Crippen LogP contribution in [0.2, 0.25) is 0 Å². The lowest BCUT2D eigenvalue weighted by atomic mass is 9.85. The summed E-state index contributed by atoms with van der Waals surface area (Å²) in [4.78, 5) is 27.1. The number of ether oxygens (including phenoxy) is 1. The molecule has 0 atom stereocenters. The highest BCUT2D eigenvalue weighted by molar-refractivity contribution is 5.91. The third kappa shape index (κ3) is 6.25. The predicted octanol–water partition coefficient (Wildman–Crippen LogP) is 4.01. The van der Waals surface area contributed by atoms with E-state index in [0.29, 0.717) is 17.3 Å². The molecule has 2 rings (SSSR count). The summed E-state index contributed by atoms with van der Waals surface area (Å²) in [7, 11) is 0. The molecular formula is C19H22N2O4. The molecule has 1 heterocycles. The van der Waals surface area contributed by atoms with Gasteiger partial charge in [-0.1, -0.05) is 19.9 Å². The van der Waals surface area contributed by atoms with Crippen molar-refractivity contribution in [2.75, 3.05) is 5.32 Å². The highest BCUT2D eigenvalue weighted by Crippen LogP contribution is 2.26. The van der Waals surface area contributed by atoms with E-state index in [1.54, 1.807) is 50.4 Å². The summed E-state index contributed by atoms with van der Waals surface area (Å²) in [5.41, 5.74) is 1.08. The van der Waals surface area contributed by atoms with E-state index >= 15 is 0 Å². The minimum absolute atomic E-state index is 0.0588. The number of hydrogen-bond acceptors (Lipinski definition) is 4. The molecule has 2 N–H and O–H groups in total. The van der Waals surface area contributed by atoms with Gasteiger partial charge in [0.15, 0.2) is 0 Å². The van der Waals surface area contributed by atoms with Crippen LogP contribution < -0.4 is 10.1 Å². The van der Waals surface area contributed by atoms with Crippen molar-refractivity contribution in [2.45, 2.75) is 33.6 Å². The van der Waals surface area contributed by atoms with Crippen molar-refractivity contribution < 1.29 is 19.4 Å². The van der Waals surface area contributed by atoms with Crippen molar-refractivity contribution in [2.24, 2.45) is 5.41 Å². The van der Waals surface area contributed by atoms with Crippen LogP contribution in [0.5, 0.6) is 11.6 Å². The van der Waals surface area contributed by atoms with Crippen LogP contribution in [0.1, 0.15) is 32.3 Å². The molecular weight excluding hydrogens is 320 g/mol. The van der Waals surface area contributed by atoms with Crippen molar-refractivity contribution >= 4 is 17.6 Å². The Morgan fingerprint density at radius 3 is 2.36 bits per heavy atom. The van der Waals surface area contributed by atoms with E-state index in [9.17, 15) is 9.59 Å². The molecule has 0 aliphatic rings. The Kier molecular flexibility index (Phi) is 5.75. The Balaban J connectivity index is 1.92. The Morgan fingerprint density at radius 1 is 1.12 bits per heavy atom. The molecule has 0 bridgehead atoms. The number of pyridine rings is 1. The highest BCUT2D eigenvalue weighted by Gasteiger charge is 2.25. The summed E-state index contributed by atoms with van der Waals surface area (Å²) >= 11 is 0. The molecule has 0 unspecified atom stereocenters. The second-order valence-electron chi connectivity index (χ2n) is 6.76. The number of benzene rings is 1. The fourth-order valence-corrected chi connectivity index (χ4v) is 2.35. The zero-order chi connectivity index (χ0) is 18.4. The lowest BCUT2D eigenvalue weighted by molar-refractivity contribution is -0.139. The maximum atomic E-state index is 12.1. The minimum Gasteiger partial charge on any atom is -0.481 e. The molecule has 0 fully saturated rings. The number of amides is 1. The first-order chi connectivity index (χ1) is 11.7. The molecule has 0 saturated heterocycles. The second kappa shape index (κ2) is 7.79. The van der Waals surface area contributed by atoms with Crippen LogP contribution in [-0.4, -0.2) is 22.0 Å². The summed E-state index contributed by atoms with van der Waals surface area (Å²) in [6.07, 6.45) is 1.80. The number of hydrogen-bond donors (Lipinski definition) is 2. The van der Waals surface area contributed by atoms with E-state index in [1.807, 2.05) is 13.0 Å². The molecule has 0 radical (unpaired) electrons. The number of anilines is 1. The minimum atomic E-state index is -0.913. The molecule has 0 aliphatic heterocycles. The number of rotatable bonds is 7. The molecule has 0 spiro atoms. The van der Waals surface area contributed by atoms with E-state index in [0.717, 1.165) is 5.56 Å². The number of carboxylic acids is 1. The third-order valence-corrected chi connectivity index (χ3v) is 3.51. The van der Waals surface area contributed by atoms with Crippen LogP contribution in [0, 0.1) is 12.3 Å². The van der Waals surface area contributed by atoms with Gasteiger partial charge in [0.1, 0.15) is 5.75 Å². The zero-order valence-corrected chi connectivity index (χ0v) is 14.6. The van der Waals surface area contributed by atoms with Crippen molar-refractivity contribution in [3.05, 3.63) is 48.2 Å². The Bertz CT molecular complexity index is 737. The fraction of sp³-hybridized carbons (Fsp3) is 0.316. The molecule has 6 nitrogen and oxygen atoms in total. The molecule has 1 amide bonds. The molecule has 1 aromatic carbocycles. The molecule has 0 aliphatic carbocycles. The number of carboxylic acid groups (broad SMARTS) is 1. The number of carbonyl (C=O) groups excluding carboxylic acids is 1. The monoisotopic (exact) mass is 342 g/mol. The first-order valence-electron chi connectivity index (χ1n) is 7.96. The smallest absolute Gasteiger partial charge is 0.303 e. The zero-order valence-electron chi connectivity index (χ0n) is 14.6. The van der Waals surface area contributed by atoms with Gasteiger partial charge in [-0.2, -0.15) is 0 Å². The lowest BCUT2D eigenvalue weighted by Gasteiger charge is -2.21. The molecule has 132 valence electrons. The molecule has 6 heteroatoms. The van der Waals surface area contributed by atoms with E-state index in [4.69, 9.17) is 9.84 Å². The SMILES string of the molecule is Cc1ccc(Oc2ccc(NC(=O)CC(C)(C)CC(=O)O)cc2)nc1. The largest absolute Gasteiger partial charge is 0.481 e. The van der Waals surface area contributed by atoms with Gasteiger partial charge in [-0.15, -0.1) is 0 Å². The van der Waals surface area contributed by atoms with Crippen LogP contribution in [0.15, 0.2) is 42.6 Å². The number of nitrogens with one attached hydrogen (secondary N) is 1. The maximum Gasteiger partial charge on any atom is 0.303 e. The normalized spacial score (nSPS) is 11.0. The summed E-state index contributed by atoms with van der Waals surface area (Å²) < 4.78 is 5.63. The van der Waals surface area contributed by atoms with Gasteiger partial charge in [0, 0.05) is 24.4 Å². The average Bonchev–Trinajstić information content (AvgIpc) is 2.49. The predicted molar refractivity (Wildman–Crippen MR) is 94.8 cm³/mol. The Morgan fingerprint density at radius 2 is 1.80 bits per heavy atom. The van der Waals surface area contributed by atoms with Gasteiger partial charge in [-0.25, -0.2) is 4.98 Å². The first kappa shape index (κ1) is 18.4. The summed E-state index contributed by atoms with van der Waals surface area (Å²) in [5.74, 6) is -0.0255. The Hall–Kier alpha value is -2.89. The molecule has 25 heavy (non-hydrogen) atoms. The average molecular weight is 342 g/mol. The van der Waals surface area contributed by atoms with Crippen LogP contribution in [0.25, 0.3) is 0 Å². The number of carbonyl (C=O) groups is 2. The van der Waals surface area contributed by atoms with Gasteiger partial charge in [0.2, 0.25) is 11.8 Å². The van der Waals surface area contributed by atoms with Gasteiger partial charge in [-0.3, -0.25) is 9.59 Å². The first-order valence-corrected chi connectivity index (χ1v) is 7.96. The summed E-state index contributed by atoms with van der Waals surface area (Å²) in [5, 5.41) is 11.6. The fourth-order valence-electron chi connectivity index (χ4n) is 2.35. The van der Waals surface area contributed by atoms with Gasteiger partial charge >= 0.3 is 5.97 Å². The van der Waals surface area contributed by atoms with E-state index < -0.39 is 11.4 Å². The van der Waals surface area contributed by atoms with Gasteiger partial charge in [-0.05, 0) is 42.2 Å². The van der Waals surface area contributed by atoms with Gasteiger partial charge in [0.25, 0.3) is 0 Å². The van der Waals surface area contributed by atoms with Crippen molar-refractivity contribution in [1.29, 1.82) is 0 Å². The lowest BCUT2D eigenvalue weighted by Crippen LogP contribution is -2.24. The van der Waals surface area contributed by atoms with Crippen LogP contribution in [0.4, 0.5) is 5.69 Å². The number of aromatic nitrogens is 1. The standard InChI is InChI=1S/C19H22N2O4/c1-13-4-9-17(20-12-13)25-15-7-5-14(6-8-15)21-16(22)10-19(2,3)11-18(23)24/h4-9,12H,10-11H2,1-3H3,(H,21,22)(H,23,24). The van der Waals surface area contributed by atoms with Crippen molar-refractivity contribution in [1.82, 2.24) is 4.98 Å². The van der Waals surface area contributed by atoms with Gasteiger partial charge < -0.3 is 15.2 Å². The van der Waals surface area contributed by atoms with Gasteiger partial charge in [0.05, 0.1) is 6.42 Å².